The molecule has 0 saturated carbocycles. The van der Waals surface area contributed by atoms with E-state index in [1.54, 1.807) is 12.1 Å². The minimum Gasteiger partial charge on any atom is -0.366 e. The zero-order valence-corrected chi connectivity index (χ0v) is 18.8. The van der Waals surface area contributed by atoms with E-state index in [1.165, 1.54) is 18.9 Å². The molecule has 1 unspecified atom stereocenters. The molecule has 32 heavy (non-hydrogen) atoms. The summed E-state index contributed by atoms with van der Waals surface area (Å²) in [6.45, 7) is 3.82. The van der Waals surface area contributed by atoms with Gasteiger partial charge in [-0.1, -0.05) is 41.9 Å². The fourth-order valence-corrected chi connectivity index (χ4v) is 5.11. The predicted octanol–water partition coefficient (Wildman–Crippen LogP) is 4.42. The van der Waals surface area contributed by atoms with Gasteiger partial charge >= 0.3 is 0 Å². The summed E-state index contributed by atoms with van der Waals surface area (Å²) in [6, 6.07) is 14.7. The molecule has 2 aromatic carbocycles. The molecule has 0 aliphatic carbocycles. The van der Waals surface area contributed by atoms with Gasteiger partial charge in [0.2, 0.25) is 5.91 Å². The minimum absolute atomic E-state index is 0.0588. The maximum atomic E-state index is 13.0. The number of piperidine rings is 1. The largest absolute Gasteiger partial charge is 0.366 e. The number of hydrogen-bond donors (Lipinski definition) is 1. The number of likely N-dealkylation sites (tertiary alicyclic amines) is 1. The molecule has 0 radical (unpaired) electrons. The molecule has 0 bridgehead atoms. The number of amides is 1. The molecule has 2 aromatic rings. The summed E-state index contributed by atoms with van der Waals surface area (Å²) in [5, 5.41) is 15.2. The van der Waals surface area contributed by atoms with Gasteiger partial charge in [0.1, 0.15) is 5.69 Å². The monoisotopic (exact) mass is 456 g/mol. The molecule has 7 nitrogen and oxygen atoms in total. The number of para-hydroxylation sites is 2. The number of carbonyl (C=O) groups is 1. The van der Waals surface area contributed by atoms with E-state index in [0.29, 0.717) is 38.2 Å². The number of halogens is 1. The summed E-state index contributed by atoms with van der Waals surface area (Å²) < 4.78 is 0. The van der Waals surface area contributed by atoms with Gasteiger partial charge in [-0.25, -0.2) is 0 Å². The lowest BCUT2D eigenvalue weighted by Gasteiger charge is -2.33. The first kappa shape index (κ1) is 22.6. The van der Waals surface area contributed by atoms with Gasteiger partial charge in [0.05, 0.1) is 11.0 Å². The highest BCUT2D eigenvalue weighted by Crippen LogP contribution is 2.32. The number of nitrogens with zero attached hydrogens (tertiary/aromatic N) is 3. The van der Waals surface area contributed by atoms with Crippen molar-refractivity contribution < 1.29 is 9.72 Å². The second kappa shape index (κ2) is 10.3. The van der Waals surface area contributed by atoms with Crippen molar-refractivity contribution >= 4 is 28.9 Å². The van der Waals surface area contributed by atoms with Crippen molar-refractivity contribution in [1.82, 2.24) is 10.2 Å². The Balaban J connectivity index is 1.36. The third-order valence-corrected chi connectivity index (χ3v) is 6.94. The Morgan fingerprint density at radius 1 is 1.06 bits per heavy atom. The summed E-state index contributed by atoms with van der Waals surface area (Å²) in [5.41, 5.74) is 1.80. The predicted molar refractivity (Wildman–Crippen MR) is 126 cm³/mol. The Kier molecular flexibility index (Phi) is 7.27. The van der Waals surface area contributed by atoms with Gasteiger partial charge in [-0.05, 0) is 56.5 Å². The molecular weight excluding hydrogens is 428 g/mol. The Hall–Kier alpha value is -2.64. The van der Waals surface area contributed by atoms with Gasteiger partial charge in [-0.15, -0.1) is 0 Å². The van der Waals surface area contributed by atoms with Crippen LogP contribution in [-0.2, 0) is 4.79 Å². The summed E-state index contributed by atoms with van der Waals surface area (Å²) in [7, 11) is 0. The van der Waals surface area contributed by atoms with Crippen molar-refractivity contribution in [1.29, 1.82) is 0 Å². The number of nitro groups is 1. The fraction of sp³-hybridized carbons (Fsp3) is 0.458. The van der Waals surface area contributed by atoms with Crippen LogP contribution >= 0.6 is 11.6 Å². The molecule has 170 valence electrons. The van der Waals surface area contributed by atoms with E-state index in [-0.39, 0.29) is 28.5 Å². The number of rotatable bonds is 7. The molecule has 2 heterocycles. The van der Waals surface area contributed by atoms with E-state index in [0.717, 1.165) is 23.7 Å². The van der Waals surface area contributed by atoms with E-state index < -0.39 is 0 Å². The fourth-order valence-electron chi connectivity index (χ4n) is 4.84. The summed E-state index contributed by atoms with van der Waals surface area (Å²) in [4.78, 5) is 28.4. The van der Waals surface area contributed by atoms with Crippen LogP contribution < -0.4 is 10.2 Å². The SMILES string of the molecule is O=C(NCC(c1ccccc1Cl)N1CCCC1)C1CCN(c2ccccc2[N+](=O)[O-])CC1. The van der Waals surface area contributed by atoms with Crippen molar-refractivity contribution in [2.45, 2.75) is 31.7 Å². The van der Waals surface area contributed by atoms with E-state index in [1.807, 2.05) is 35.2 Å². The number of hydrogen-bond acceptors (Lipinski definition) is 5. The molecule has 0 spiro atoms. The smallest absolute Gasteiger partial charge is 0.292 e. The van der Waals surface area contributed by atoms with E-state index in [2.05, 4.69) is 10.2 Å². The molecule has 1 N–H and O–H groups in total. The molecule has 1 atom stereocenters. The average molecular weight is 457 g/mol. The van der Waals surface area contributed by atoms with Crippen LogP contribution in [0.4, 0.5) is 11.4 Å². The maximum Gasteiger partial charge on any atom is 0.292 e. The van der Waals surface area contributed by atoms with Gasteiger partial charge in [0.25, 0.3) is 5.69 Å². The average Bonchev–Trinajstić information content (AvgIpc) is 3.35. The lowest BCUT2D eigenvalue weighted by molar-refractivity contribution is -0.384. The third-order valence-electron chi connectivity index (χ3n) is 6.60. The second-order valence-electron chi connectivity index (χ2n) is 8.53. The topological polar surface area (TPSA) is 78.7 Å². The van der Waals surface area contributed by atoms with Crippen LogP contribution in [-0.4, -0.2) is 48.5 Å². The highest BCUT2D eigenvalue weighted by atomic mass is 35.5. The summed E-state index contributed by atoms with van der Waals surface area (Å²) in [5.74, 6) is -0.0250. The molecule has 2 fully saturated rings. The third kappa shape index (κ3) is 5.05. The molecule has 8 heteroatoms. The van der Waals surface area contributed by atoms with Crippen LogP contribution in [0.15, 0.2) is 48.5 Å². The van der Waals surface area contributed by atoms with Crippen molar-refractivity contribution in [3.05, 3.63) is 69.2 Å². The highest BCUT2D eigenvalue weighted by molar-refractivity contribution is 6.31. The Bertz CT molecular complexity index is 956. The minimum atomic E-state index is -0.346. The van der Waals surface area contributed by atoms with E-state index in [9.17, 15) is 14.9 Å². The lowest BCUT2D eigenvalue weighted by Crippen LogP contribution is -2.43. The standard InChI is InChI=1S/C24H29ClN4O3/c25-20-8-2-1-7-19(20)23(27-13-5-6-14-27)17-26-24(30)18-11-15-28(16-12-18)21-9-3-4-10-22(21)29(31)32/h1-4,7-10,18,23H,5-6,11-17H2,(H,26,30). The van der Waals surface area contributed by atoms with Gasteiger partial charge in [0, 0.05) is 36.6 Å². The van der Waals surface area contributed by atoms with Crippen LogP contribution in [0.2, 0.25) is 5.02 Å². The number of benzene rings is 2. The Morgan fingerprint density at radius 2 is 1.72 bits per heavy atom. The number of anilines is 1. The van der Waals surface area contributed by atoms with Crippen LogP contribution in [0.3, 0.4) is 0 Å². The number of carbonyl (C=O) groups excluding carboxylic acids is 1. The Morgan fingerprint density at radius 3 is 2.41 bits per heavy atom. The highest BCUT2D eigenvalue weighted by Gasteiger charge is 2.30. The van der Waals surface area contributed by atoms with Gasteiger partial charge < -0.3 is 10.2 Å². The van der Waals surface area contributed by atoms with Crippen LogP contribution in [0.5, 0.6) is 0 Å². The summed E-state index contributed by atoms with van der Waals surface area (Å²) >= 11 is 6.48. The van der Waals surface area contributed by atoms with Gasteiger partial charge in [-0.2, -0.15) is 0 Å². The molecular formula is C24H29ClN4O3. The van der Waals surface area contributed by atoms with Crippen LogP contribution in [0.25, 0.3) is 0 Å². The van der Waals surface area contributed by atoms with Crippen LogP contribution in [0, 0.1) is 16.0 Å². The number of nitrogens with one attached hydrogen (secondary N) is 1. The summed E-state index contributed by atoms with van der Waals surface area (Å²) in [6.07, 6.45) is 3.69. The molecule has 1 amide bonds. The molecule has 2 saturated heterocycles. The number of nitro benzene ring substituents is 1. The zero-order valence-electron chi connectivity index (χ0n) is 18.1. The van der Waals surface area contributed by atoms with Gasteiger partial charge in [-0.3, -0.25) is 19.8 Å². The molecule has 0 aromatic heterocycles. The van der Waals surface area contributed by atoms with Crippen molar-refractivity contribution in [3.8, 4) is 0 Å². The molecule has 2 aliphatic rings. The maximum absolute atomic E-state index is 13.0. The van der Waals surface area contributed by atoms with E-state index in [4.69, 9.17) is 11.6 Å². The van der Waals surface area contributed by atoms with Crippen molar-refractivity contribution in [3.63, 3.8) is 0 Å². The lowest BCUT2D eigenvalue weighted by atomic mass is 9.95. The Labute approximate surface area is 193 Å². The molecule has 4 rings (SSSR count). The first-order valence-corrected chi connectivity index (χ1v) is 11.7. The normalized spacial score (nSPS) is 18.5. The van der Waals surface area contributed by atoms with Crippen LogP contribution in [0.1, 0.15) is 37.3 Å². The zero-order chi connectivity index (χ0) is 22.5. The van der Waals surface area contributed by atoms with Crippen molar-refractivity contribution in [2.24, 2.45) is 5.92 Å². The second-order valence-corrected chi connectivity index (χ2v) is 8.94. The van der Waals surface area contributed by atoms with E-state index >= 15 is 0 Å². The van der Waals surface area contributed by atoms with Gasteiger partial charge in [0.15, 0.2) is 0 Å². The first-order valence-electron chi connectivity index (χ1n) is 11.3. The van der Waals surface area contributed by atoms with Crippen molar-refractivity contribution in [2.75, 3.05) is 37.6 Å². The quantitative estimate of drug-likeness (QED) is 0.493. The first-order chi connectivity index (χ1) is 15.5. The molecule has 2 aliphatic heterocycles.